The summed E-state index contributed by atoms with van der Waals surface area (Å²) in [5.74, 6) is 0.984. The fourth-order valence-corrected chi connectivity index (χ4v) is 2.58. The molecule has 1 heterocycles. The Bertz CT molecular complexity index is 700. The smallest absolute Gasteiger partial charge is 0.251 e. The Morgan fingerprint density at radius 1 is 1.30 bits per heavy atom. The maximum atomic E-state index is 13.2. The zero-order valence-corrected chi connectivity index (χ0v) is 12.8. The summed E-state index contributed by atoms with van der Waals surface area (Å²) in [4.78, 5) is 12.1. The van der Waals surface area contributed by atoms with Gasteiger partial charge in [0.05, 0.1) is 13.2 Å². The maximum Gasteiger partial charge on any atom is 0.251 e. The third-order valence-electron chi connectivity index (χ3n) is 3.68. The lowest BCUT2D eigenvalue weighted by Gasteiger charge is -2.12. The van der Waals surface area contributed by atoms with Gasteiger partial charge in [0.2, 0.25) is 0 Å². The van der Waals surface area contributed by atoms with Gasteiger partial charge in [-0.1, -0.05) is 0 Å². The summed E-state index contributed by atoms with van der Waals surface area (Å²) in [6.45, 7) is 2.88. The number of hydrogen-bond acceptors (Lipinski definition) is 3. The molecule has 0 saturated carbocycles. The predicted molar refractivity (Wildman–Crippen MR) is 84.5 cm³/mol. The lowest BCUT2D eigenvalue weighted by Crippen LogP contribution is -2.34. The van der Waals surface area contributed by atoms with Gasteiger partial charge in [0.1, 0.15) is 23.4 Å². The van der Waals surface area contributed by atoms with Crippen LogP contribution in [0.1, 0.15) is 22.8 Å². The number of carbonyl (C=O) groups is 1. The van der Waals surface area contributed by atoms with Crippen LogP contribution in [-0.4, -0.2) is 25.2 Å². The quantitative estimate of drug-likeness (QED) is 0.923. The van der Waals surface area contributed by atoms with E-state index in [1.165, 1.54) is 12.1 Å². The van der Waals surface area contributed by atoms with Crippen molar-refractivity contribution in [3.8, 4) is 11.5 Å². The summed E-state index contributed by atoms with van der Waals surface area (Å²) in [7, 11) is 0. The lowest BCUT2D eigenvalue weighted by atomic mass is 10.1. The lowest BCUT2D eigenvalue weighted by molar-refractivity contribution is 0.0933. The zero-order valence-electron chi connectivity index (χ0n) is 12.8. The fraction of sp³-hybridized carbons (Fsp3) is 0.278. The predicted octanol–water partition coefficient (Wildman–Crippen LogP) is 2.96. The molecule has 0 aliphatic carbocycles. The molecule has 3 rings (SSSR count). The molecule has 4 nitrogen and oxygen atoms in total. The number of benzene rings is 2. The minimum absolute atomic E-state index is 0.168. The van der Waals surface area contributed by atoms with E-state index in [-0.39, 0.29) is 17.8 Å². The molecule has 2 aromatic carbocycles. The average Bonchev–Trinajstić information content (AvgIpc) is 2.95. The van der Waals surface area contributed by atoms with E-state index in [4.69, 9.17) is 9.47 Å². The summed E-state index contributed by atoms with van der Waals surface area (Å²) < 4.78 is 24.2. The fourth-order valence-electron chi connectivity index (χ4n) is 2.58. The van der Waals surface area contributed by atoms with Crippen LogP contribution >= 0.6 is 0 Å². The van der Waals surface area contributed by atoms with Crippen LogP contribution in [0.4, 0.5) is 4.39 Å². The highest BCUT2D eigenvalue weighted by Crippen LogP contribution is 2.28. The van der Waals surface area contributed by atoms with E-state index < -0.39 is 0 Å². The molecule has 0 saturated heterocycles. The number of fused-ring (bicyclic) bond motifs is 1. The van der Waals surface area contributed by atoms with Crippen molar-refractivity contribution in [1.29, 1.82) is 0 Å². The van der Waals surface area contributed by atoms with Gasteiger partial charge in [-0.25, -0.2) is 4.39 Å². The minimum atomic E-state index is -0.272. The van der Waals surface area contributed by atoms with Gasteiger partial charge < -0.3 is 14.8 Å². The Balaban J connectivity index is 1.54. The largest absolute Gasteiger partial charge is 0.494 e. The summed E-state index contributed by atoms with van der Waals surface area (Å²) in [6.07, 6.45) is 0.426. The second-order valence-corrected chi connectivity index (χ2v) is 5.36. The van der Waals surface area contributed by atoms with Crippen molar-refractivity contribution in [2.24, 2.45) is 0 Å². The number of rotatable bonds is 5. The third-order valence-corrected chi connectivity index (χ3v) is 3.68. The Morgan fingerprint density at radius 3 is 2.83 bits per heavy atom. The molecule has 0 spiro atoms. The zero-order chi connectivity index (χ0) is 16.2. The van der Waals surface area contributed by atoms with Crippen LogP contribution in [0.5, 0.6) is 11.5 Å². The highest BCUT2D eigenvalue weighted by atomic mass is 19.1. The van der Waals surface area contributed by atoms with Crippen molar-refractivity contribution >= 4 is 5.91 Å². The molecule has 0 radical (unpaired) electrons. The molecule has 1 atom stereocenters. The van der Waals surface area contributed by atoms with E-state index in [0.29, 0.717) is 30.9 Å². The Morgan fingerprint density at radius 2 is 2.09 bits per heavy atom. The van der Waals surface area contributed by atoms with Crippen molar-refractivity contribution < 1.29 is 18.7 Å². The second-order valence-electron chi connectivity index (χ2n) is 5.36. The van der Waals surface area contributed by atoms with E-state index in [1.54, 1.807) is 30.3 Å². The van der Waals surface area contributed by atoms with E-state index >= 15 is 0 Å². The summed E-state index contributed by atoms with van der Waals surface area (Å²) in [5, 5.41) is 2.84. The number of carbonyl (C=O) groups excluding carboxylic acids is 1. The van der Waals surface area contributed by atoms with Crippen LogP contribution < -0.4 is 14.8 Å². The van der Waals surface area contributed by atoms with Gasteiger partial charge in [-0.2, -0.15) is 0 Å². The molecular weight excluding hydrogens is 297 g/mol. The first-order valence-electron chi connectivity index (χ1n) is 7.62. The number of nitrogens with one attached hydrogen (secondary N) is 1. The summed E-state index contributed by atoms with van der Waals surface area (Å²) >= 11 is 0. The molecule has 120 valence electrons. The SMILES string of the molecule is CCOc1ccc(C(=O)NCC2Cc3cc(F)ccc3O2)cc1. The molecule has 5 heteroatoms. The molecule has 0 fully saturated rings. The number of hydrogen-bond donors (Lipinski definition) is 1. The van der Waals surface area contributed by atoms with E-state index in [0.717, 1.165) is 11.3 Å². The Labute approximate surface area is 134 Å². The molecule has 1 N–H and O–H groups in total. The normalized spacial score (nSPS) is 15.7. The summed E-state index contributed by atoms with van der Waals surface area (Å²) in [5.41, 5.74) is 1.40. The molecule has 1 aliphatic heterocycles. The first-order valence-corrected chi connectivity index (χ1v) is 7.62. The first-order chi connectivity index (χ1) is 11.2. The number of halogens is 1. The van der Waals surface area contributed by atoms with Crippen LogP contribution in [0.15, 0.2) is 42.5 Å². The molecule has 23 heavy (non-hydrogen) atoms. The second kappa shape index (κ2) is 6.69. The van der Waals surface area contributed by atoms with Crippen molar-refractivity contribution in [2.75, 3.05) is 13.2 Å². The third kappa shape index (κ3) is 3.62. The van der Waals surface area contributed by atoms with Gasteiger partial charge >= 0.3 is 0 Å². The minimum Gasteiger partial charge on any atom is -0.494 e. The highest BCUT2D eigenvalue weighted by Gasteiger charge is 2.23. The van der Waals surface area contributed by atoms with Crippen LogP contribution in [0.25, 0.3) is 0 Å². The van der Waals surface area contributed by atoms with Gasteiger partial charge in [-0.05, 0) is 49.4 Å². The van der Waals surface area contributed by atoms with Crippen LogP contribution in [0.2, 0.25) is 0 Å². The molecule has 2 aromatic rings. The molecular formula is C18H18FNO3. The molecule has 1 unspecified atom stereocenters. The van der Waals surface area contributed by atoms with Crippen molar-refractivity contribution in [2.45, 2.75) is 19.4 Å². The van der Waals surface area contributed by atoms with E-state index in [9.17, 15) is 9.18 Å². The van der Waals surface area contributed by atoms with Gasteiger partial charge in [0.15, 0.2) is 0 Å². The van der Waals surface area contributed by atoms with Crippen LogP contribution in [0.3, 0.4) is 0 Å². The molecule has 0 bridgehead atoms. The van der Waals surface area contributed by atoms with Gasteiger partial charge in [0.25, 0.3) is 5.91 Å². The monoisotopic (exact) mass is 315 g/mol. The van der Waals surface area contributed by atoms with E-state index in [2.05, 4.69) is 5.32 Å². The Kier molecular flexibility index (Phi) is 4.46. The standard InChI is InChI=1S/C18H18FNO3/c1-2-22-15-6-3-12(4-7-15)18(21)20-11-16-10-13-9-14(19)5-8-17(13)23-16/h3-9,16H,2,10-11H2,1H3,(H,20,21). The van der Waals surface area contributed by atoms with Crippen molar-refractivity contribution in [3.63, 3.8) is 0 Å². The molecule has 1 amide bonds. The average molecular weight is 315 g/mol. The molecule has 0 aromatic heterocycles. The van der Waals surface area contributed by atoms with E-state index in [1.807, 2.05) is 6.92 Å². The van der Waals surface area contributed by atoms with Crippen LogP contribution in [0, 0.1) is 5.82 Å². The summed E-state index contributed by atoms with van der Waals surface area (Å²) in [6, 6.07) is 11.5. The number of amides is 1. The maximum absolute atomic E-state index is 13.2. The molecule has 1 aliphatic rings. The number of ether oxygens (including phenoxy) is 2. The van der Waals surface area contributed by atoms with Crippen molar-refractivity contribution in [1.82, 2.24) is 5.32 Å². The highest BCUT2D eigenvalue weighted by molar-refractivity contribution is 5.94. The van der Waals surface area contributed by atoms with Gasteiger partial charge in [-0.15, -0.1) is 0 Å². The van der Waals surface area contributed by atoms with Gasteiger partial charge in [0, 0.05) is 17.5 Å². The Hall–Kier alpha value is -2.56. The van der Waals surface area contributed by atoms with Crippen molar-refractivity contribution in [3.05, 3.63) is 59.4 Å². The van der Waals surface area contributed by atoms with Crippen LogP contribution in [-0.2, 0) is 6.42 Å². The topological polar surface area (TPSA) is 47.6 Å². The van der Waals surface area contributed by atoms with Gasteiger partial charge in [-0.3, -0.25) is 4.79 Å². The first kappa shape index (κ1) is 15.3.